The van der Waals surface area contributed by atoms with Crippen molar-refractivity contribution in [3.05, 3.63) is 16.1 Å². The van der Waals surface area contributed by atoms with Crippen LogP contribution >= 0.6 is 11.3 Å². The summed E-state index contributed by atoms with van der Waals surface area (Å²) in [5.41, 5.74) is 0.297. The second kappa shape index (κ2) is 6.49. The number of hydrogen-bond donors (Lipinski definition) is 0. The maximum absolute atomic E-state index is 12.1. The van der Waals surface area contributed by atoms with Crippen molar-refractivity contribution in [2.75, 3.05) is 13.7 Å². The quantitative estimate of drug-likeness (QED) is 0.769. The van der Waals surface area contributed by atoms with E-state index >= 15 is 0 Å². The molecule has 1 atom stereocenters. The van der Waals surface area contributed by atoms with Gasteiger partial charge in [-0.1, -0.05) is 6.92 Å². The largest absolute Gasteiger partial charge is 0.461 e. The number of thiazole rings is 1. The fourth-order valence-electron chi connectivity index (χ4n) is 1.31. The number of ether oxygens (including phenoxy) is 1. The van der Waals surface area contributed by atoms with Crippen LogP contribution in [0.25, 0.3) is 0 Å². The fraction of sp³-hybridized carbons (Fsp3) is 0.583. The molecule has 6 heteroatoms. The number of nitrogens with zero attached hydrogens (tertiary/aromatic N) is 2. The van der Waals surface area contributed by atoms with E-state index < -0.39 is 5.97 Å². The van der Waals surface area contributed by atoms with Crippen LogP contribution in [-0.4, -0.2) is 41.5 Å². The van der Waals surface area contributed by atoms with E-state index in [0.29, 0.717) is 12.3 Å². The second-order valence-corrected chi connectivity index (χ2v) is 4.79. The summed E-state index contributed by atoms with van der Waals surface area (Å²) in [5.74, 6) is -0.649. The minimum Gasteiger partial charge on any atom is -0.461 e. The Kier molecular flexibility index (Phi) is 5.27. The van der Waals surface area contributed by atoms with Crippen LogP contribution in [0.4, 0.5) is 0 Å². The molecule has 1 unspecified atom stereocenters. The molecule has 18 heavy (non-hydrogen) atoms. The highest BCUT2D eigenvalue weighted by atomic mass is 32.1. The van der Waals surface area contributed by atoms with Crippen molar-refractivity contribution in [1.82, 2.24) is 9.88 Å². The van der Waals surface area contributed by atoms with Crippen LogP contribution in [0, 0.1) is 0 Å². The molecule has 0 bridgehead atoms. The van der Waals surface area contributed by atoms with E-state index in [1.807, 2.05) is 13.8 Å². The van der Waals surface area contributed by atoms with Gasteiger partial charge in [-0.15, -0.1) is 11.3 Å². The first-order valence-electron chi connectivity index (χ1n) is 5.91. The second-order valence-electron chi connectivity index (χ2n) is 3.93. The SMILES string of the molecule is CCOC(=O)c1nc(C(=O)N(C)C(C)CC)cs1. The number of amides is 1. The zero-order chi connectivity index (χ0) is 13.7. The molecule has 1 rings (SSSR count). The molecule has 1 amide bonds. The molecule has 1 aromatic rings. The van der Waals surface area contributed by atoms with Crippen LogP contribution < -0.4 is 0 Å². The lowest BCUT2D eigenvalue weighted by Gasteiger charge is -2.22. The standard InChI is InChI=1S/C12H18N2O3S/c1-5-8(3)14(4)11(15)9-7-18-10(13-9)12(16)17-6-2/h7-8H,5-6H2,1-4H3. The van der Waals surface area contributed by atoms with Gasteiger partial charge in [0, 0.05) is 18.5 Å². The predicted molar refractivity (Wildman–Crippen MR) is 69.9 cm³/mol. The van der Waals surface area contributed by atoms with Gasteiger partial charge in [-0.25, -0.2) is 9.78 Å². The molecule has 0 aliphatic rings. The van der Waals surface area contributed by atoms with Gasteiger partial charge >= 0.3 is 5.97 Å². The van der Waals surface area contributed by atoms with Crippen LogP contribution in [0.15, 0.2) is 5.38 Å². The van der Waals surface area contributed by atoms with Crippen LogP contribution in [0.3, 0.4) is 0 Å². The molecule has 0 saturated carbocycles. The Bertz CT molecular complexity index is 431. The minimum atomic E-state index is -0.479. The van der Waals surface area contributed by atoms with E-state index in [0.717, 1.165) is 17.8 Å². The van der Waals surface area contributed by atoms with E-state index in [1.165, 1.54) is 0 Å². The first kappa shape index (κ1) is 14.6. The Morgan fingerprint density at radius 1 is 1.50 bits per heavy atom. The van der Waals surface area contributed by atoms with E-state index in [9.17, 15) is 9.59 Å². The minimum absolute atomic E-state index is 0.144. The Hall–Kier alpha value is -1.43. The highest BCUT2D eigenvalue weighted by Crippen LogP contribution is 2.14. The highest BCUT2D eigenvalue weighted by molar-refractivity contribution is 7.11. The maximum atomic E-state index is 12.1. The van der Waals surface area contributed by atoms with Gasteiger partial charge in [-0.05, 0) is 20.3 Å². The maximum Gasteiger partial charge on any atom is 0.367 e. The molecule has 0 aliphatic carbocycles. The summed E-state index contributed by atoms with van der Waals surface area (Å²) in [6.07, 6.45) is 0.872. The average Bonchev–Trinajstić information content (AvgIpc) is 2.86. The van der Waals surface area contributed by atoms with Crippen LogP contribution in [-0.2, 0) is 4.74 Å². The number of hydrogen-bond acceptors (Lipinski definition) is 5. The summed E-state index contributed by atoms with van der Waals surface area (Å²) in [6.45, 7) is 6.01. The normalized spacial score (nSPS) is 12.0. The van der Waals surface area contributed by atoms with Crippen molar-refractivity contribution in [2.24, 2.45) is 0 Å². The van der Waals surface area contributed by atoms with Crippen molar-refractivity contribution >= 4 is 23.2 Å². The summed E-state index contributed by atoms with van der Waals surface area (Å²) < 4.78 is 4.83. The van der Waals surface area contributed by atoms with Gasteiger partial charge in [-0.2, -0.15) is 0 Å². The molecule has 1 aromatic heterocycles. The van der Waals surface area contributed by atoms with Crippen LogP contribution in [0.1, 0.15) is 47.5 Å². The van der Waals surface area contributed by atoms with Gasteiger partial charge in [0.1, 0.15) is 5.69 Å². The van der Waals surface area contributed by atoms with Crippen LogP contribution in [0.5, 0.6) is 0 Å². The summed E-state index contributed by atoms with van der Waals surface area (Å²) in [6, 6.07) is 0.144. The lowest BCUT2D eigenvalue weighted by Crippen LogP contribution is -2.34. The summed E-state index contributed by atoms with van der Waals surface area (Å²) in [4.78, 5) is 29.1. The first-order valence-corrected chi connectivity index (χ1v) is 6.79. The van der Waals surface area contributed by atoms with E-state index in [2.05, 4.69) is 4.98 Å². The molecule has 1 heterocycles. The number of carbonyl (C=O) groups excluding carboxylic acids is 2. The van der Waals surface area contributed by atoms with Crippen molar-refractivity contribution < 1.29 is 14.3 Å². The third-order valence-corrected chi connectivity index (χ3v) is 3.57. The Labute approximate surface area is 111 Å². The average molecular weight is 270 g/mol. The molecule has 0 aromatic carbocycles. The lowest BCUT2D eigenvalue weighted by atomic mass is 10.2. The van der Waals surface area contributed by atoms with Gasteiger partial charge in [-0.3, -0.25) is 4.79 Å². The highest BCUT2D eigenvalue weighted by Gasteiger charge is 2.21. The first-order chi connectivity index (χ1) is 8.51. The summed E-state index contributed by atoms with van der Waals surface area (Å²) >= 11 is 1.13. The van der Waals surface area contributed by atoms with Crippen molar-refractivity contribution in [1.29, 1.82) is 0 Å². The zero-order valence-electron chi connectivity index (χ0n) is 11.1. The van der Waals surface area contributed by atoms with E-state index in [-0.39, 0.29) is 17.0 Å². The molecule has 5 nitrogen and oxygen atoms in total. The molecule has 0 spiro atoms. The van der Waals surface area contributed by atoms with Gasteiger partial charge in [0.05, 0.1) is 6.61 Å². The molecular weight excluding hydrogens is 252 g/mol. The fourth-order valence-corrected chi connectivity index (χ4v) is 2.00. The van der Waals surface area contributed by atoms with Gasteiger partial charge in [0.15, 0.2) is 0 Å². The monoisotopic (exact) mass is 270 g/mol. The number of rotatable bonds is 5. The Balaban J connectivity index is 2.79. The van der Waals surface area contributed by atoms with Gasteiger partial charge in [0.25, 0.3) is 5.91 Å². The van der Waals surface area contributed by atoms with Gasteiger partial charge in [0.2, 0.25) is 5.01 Å². The topological polar surface area (TPSA) is 59.5 Å². The molecule has 0 fully saturated rings. The van der Waals surface area contributed by atoms with Crippen molar-refractivity contribution in [3.63, 3.8) is 0 Å². The van der Waals surface area contributed by atoms with Crippen molar-refractivity contribution in [2.45, 2.75) is 33.2 Å². The lowest BCUT2D eigenvalue weighted by molar-refractivity contribution is 0.0526. The zero-order valence-corrected chi connectivity index (χ0v) is 11.9. The number of carbonyl (C=O) groups is 2. The Morgan fingerprint density at radius 2 is 2.17 bits per heavy atom. The number of esters is 1. The molecule has 0 radical (unpaired) electrons. The third kappa shape index (κ3) is 3.29. The summed E-state index contributed by atoms with van der Waals surface area (Å²) in [7, 11) is 1.74. The number of aromatic nitrogens is 1. The van der Waals surface area contributed by atoms with E-state index in [4.69, 9.17) is 4.74 Å². The molecule has 0 N–H and O–H groups in total. The predicted octanol–water partition coefficient (Wildman–Crippen LogP) is 2.19. The smallest absolute Gasteiger partial charge is 0.367 e. The third-order valence-electron chi connectivity index (χ3n) is 2.75. The Morgan fingerprint density at radius 3 is 2.72 bits per heavy atom. The summed E-state index contributed by atoms with van der Waals surface area (Å²) in [5, 5.41) is 1.81. The van der Waals surface area contributed by atoms with Crippen LogP contribution in [0.2, 0.25) is 0 Å². The molecule has 0 saturated heterocycles. The van der Waals surface area contributed by atoms with Crippen molar-refractivity contribution in [3.8, 4) is 0 Å². The van der Waals surface area contributed by atoms with Gasteiger partial charge < -0.3 is 9.64 Å². The molecular formula is C12H18N2O3S. The molecule has 100 valence electrons. The van der Waals surface area contributed by atoms with E-state index in [1.54, 1.807) is 24.3 Å². The molecule has 0 aliphatic heterocycles.